The second kappa shape index (κ2) is 45.3. The summed E-state index contributed by atoms with van der Waals surface area (Å²) in [6.45, 7) is 3.74. The number of amides is 8. The van der Waals surface area contributed by atoms with Crippen LogP contribution in [0.5, 0.6) is 0 Å². The van der Waals surface area contributed by atoms with E-state index in [1.54, 1.807) is 44.4 Å². The number of rotatable bonds is 36. The molecule has 16 N–H and O–H groups in total. The molecule has 0 aliphatic carbocycles. The molecule has 0 aromatic heterocycles. The Morgan fingerprint density at radius 1 is 0.624 bits per heavy atom. The summed E-state index contributed by atoms with van der Waals surface area (Å²) < 4.78 is 0. The van der Waals surface area contributed by atoms with Gasteiger partial charge in [0.15, 0.2) is 34.9 Å². The summed E-state index contributed by atoms with van der Waals surface area (Å²) in [6, 6.07) is 29.0. The smallest absolute Gasteiger partial charge is 0.303 e. The fourth-order valence-corrected chi connectivity index (χ4v) is 15.3. The van der Waals surface area contributed by atoms with Crippen LogP contribution in [0.4, 0.5) is 0 Å². The number of aliphatic hydroxyl groups is 1. The van der Waals surface area contributed by atoms with Crippen molar-refractivity contribution in [1.82, 2.24) is 31.9 Å². The Morgan fingerprint density at radius 2 is 1.25 bits per heavy atom. The maximum absolute atomic E-state index is 15.2. The van der Waals surface area contributed by atoms with Crippen LogP contribution in [0.15, 0.2) is 126 Å². The van der Waals surface area contributed by atoms with Crippen molar-refractivity contribution in [3.8, 4) is 11.1 Å². The maximum Gasteiger partial charge on any atom is 0.303 e. The summed E-state index contributed by atoms with van der Waals surface area (Å²) in [5.74, 6) is -15.7. The van der Waals surface area contributed by atoms with Crippen molar-refractivity contribution < 1.29 is 77.3 Å². The van der Waals surface area contributed by atoms with Gasteiger partial charge in [0.05, 0.1) is 49.0 Å². The van der Waals surface area contributed by atoms with Crippen molar-refractivity contribution in [2.24, 2.45) is 57.5 Å². The van der Waals surface area contributed by atoms with Gasteiger partial charge >= 0.3 is 5.97 Å². The number of carboxylic acid groups (broad SMARTS) is 1. The van der Waals surface area contributed by atoms with Crippen molar-refractivity contribution >= 4 is 134 Å². The van der Waals surface area contributed by atoms with E-state index in [0.717, 1.165) is 45.5 Å². The first kappa shape index (κ1) is 88.1. The molecule has 0 radical (unpaired) electrons. The van der Waals surface area contributed by atoms with Gasteiger partial charge in [-0.05, 0) is 94.2 Å². The van der Waals surface area contributed by atoms with Gasteiger partial charge in [-0.2, -0.15) is 35.3 Å². The number of aliphatic hydroxyl groups excluding tert-OH is 1. The number of fused-ring (bicyclic) bond motifs is 3. The molecule has 1 heterocycles. The summed E-state index contributed by atoms with van der Waals surface area (Å²) in [7, 11) is 0. The number of nitrogens with one attached hydrogen (secondary N) is 6. The maximum atomic E-state index is 15.2. The van der Waals surface area contributed by atoms with E-state index in [2.05, 4.69) is 36.9 Å². The number of aliphatic carboxylic acids is 1. The van der Waals surface area contributed by atoms with E-state index in [9.17, 15) is 63.0 Å². The molecule has 5 aromatic rings. The SMILES string of the molecule is CSCCC(CC(=O)[C@@H](NC(=O)[C@@H]1CSCc2cccc(c2)CSC[C@H](CC(=O)[C@H](CO)NC(C)=O)C(=O)N[C@@H](CCC(=O)O)C(=O)C[C@@H](Cc2ccc(-c3ccccc3)cc2)C(=O)N[C@@H](CCCN=C(N)N)C(=O)C1)C(C)C)C(=O)N[C@@H](CC(N)=O)C(=O)CCC(=O)N[C@@H](Cc1ccc2ccccc2c1)C(N)=O. The number of primary amides is 2. The number of carbonyl (C=O) groups is 14. The minimum atomic E-state index is -1.52. The lowest BCUT2D eigenvalue weighted by Gasteiger charge is -2.28. The van der Waals surface area contributed by atoms with Gasteiger partial charge < -0.3 is 65.0 Å². The fourth-order valence-electron chi connectivity index (χ4n) is 12.6. The Morgan fingerprint density at radius 3 is 1.87 bits per heavy atom. The predicted octanol–water partition coefficient (Wildman–Crippen LogP) is 4.73. The zero-order chi connectivity index (χ0) is 79.7. The van der Waals surface area contributed by atoms with Gasteiger partial charge in [-0.25, -0.2) is 0 Å². The molecule has 0 saturated heterocycles. The Balaban J connectivity index is 1.30. The minimum absolute atomic E-state index is 0.00371. The first-order chi connectivity index (χ1) is 52.0. The monoisotopic (exact) mass is 1560 g/mol. The zero-order valence-corrected chi connectivity index (χ0v) is 64.3. The van der Waals surface area contributed by atoms with E-state index < -0.39 is 212 Å². The van der Waals surface area contributed by atoms with Crippen molar-refractivity contribution in [2.45, 2.75) is 158 Å². The number of carboxylic acids is 1. The lowest BCUT2D eigenvalue weighted by Crippen LogP contribution is -2.51. The quantitative estimate of drug-likeness (QED) is 0.0146. The summed E-state index contributed by atoms with van der Waals surface area (Å²) >= 11 is 3.93. The van der Waals surface area contributed by atoms with Crippen LogP contribution in [0.2, 0.25) is 0 Å². The number of hydrogen-bond acceptors (Lipinski definition) is 19. The molecule has 1 aliphatic heterocycles. The molecule has 2 bridgehead atoms. The topological polar surface area (TPSA) is 468 Å². The summed E-state index contributed by atoms with van der Waals surface area (Å²) in [6.07, 6.45) is -2.87. The average molecular weight is 1560 g/mol. The molecule has 27 nitrogen and oxygen atoms in total. The highest BCUT2D eigenvalue weighted by Gasteiger charge is 2.38. The third kappa shape index (κ3) is 30.3. The summed E-state index contributed by atoms with van der Waals surface area (Å²) in [5, 5.41) is 38.0. The number of carbonyl (C=O) groups excluding carboxylic acids is 13. The molecule has 1 aliphatic rings. The van der Waals surface area contributed by atoms with Gasteiger partial charge in [0.2, 0.25) is 47.3 Å². The van der Waals surface area contributed by atoms with Crippen LogP contribution in [0.1, 0.15) is 120 Å². The average Bonchev–Trinajstić information content (AvgIpc) is 0.836. The third-order valence-corrected chi connectivity index (χ3v) is 21.6. The first-order valence-corrected chi connectivity index (χ1v) is 39.9. The minimum Gasteiger partial charge on any atom is -0.481 e. The van der Waals surface area contributed by atoms with Gasteiger partial charge in [-0.3, -0.25) is 72.1 Å². The number of ketones is 5. The lowest BCUT2D eigenvalue weighted by atomic mass is 9.88. The Kier molecular flexibility index (Phi) is 36.6. The van der Waals surface area contributed by atoms with Gasteiger partial charge in [0, 0.05) is 99.7 Å². The predicted molar refractivity (Wildman–Crippen MR) is 421 cm³/mol. The van der Waals surface area contributed by atoms with Crippen molar-refractivity contribution in [3.63, 3.8) is 0 Å². The van der Waals surface area contributed by atoms with E-state index in [1.807, 2.05) is 97.1 Å². The van der Waals surface area contributed by atoms with Crippen LogP contribution >= 0.6 is 35.3 Å². The second-order valence-corrected chi connectivity index (χ2v) is 30.7. The van der Waals surface area contributed by atoms with Crippen LogP contribution in [0.25, 0.3) is 21.9 Å². The molecule has 30 heteroatoms. The van der Waals surface area contributed by atoms with E-state index in [1.165, 1.54) is 35.3 Å². The van der Waals surface area contributed by atoms with Crippen LogP contribution in [0.3, 0.4) is 0 Å². The summed E-state index contributed by atoms with van der Waals surface area (Å²) in [5.41, 5.74) is 27.3. The largest absolute Gasteiger partial charge is 0.481 e. The highest BCUT2D eigenvalue weighted by atomic mass is 32.2. The molecular weight excluding hydrogens is 1460 g/mol. The van der Waals surface area contributed by atoms with E-state index in [-0.39, 0.29) is 67.6 Å². The molecule has 109 heavy (non-hydrogen) atoms. The van der Waals surface area contributed by atoms with Gasteiger partial charge in [0.25, 0.3) is 0 Å². The lowest BCUT2D eigenvalue weighted by molar-refractivity contribution is -0.139. The highest BCUT2D eigenvalue weighted by molar-refractivity contribution is 7.99. The molecule has 6 rings (SSSR count). The fraction of sp³-hybridized carbons (Fsp3) is 0.456. The summed E-state index contributed by atoms with van der Waals surface area (Å²) in [4.78, 5) is 199. The van der Waals surface area contributed by atoms with Crippen LogP contribution < -0.4 is 54.8 Å². The molecule has 10 atom stereocenters. The Labute approximate surface area is 647 Å². The molecule has 586 valence electrons. The number of aliphatic imine (C=N–C) groups is 1. The number of nitrogens with zero attached hydrogens (tertiary/aromatic N) is 1. The van der Waals surface area contributed by atoms with Crippen LogP contribution in [-0.2, 0) is 91.5 Å². The number of benzene rings is 5. The highest BCUT2D eigenvalue weighted by Crippen LogP contribution is 2.28. The van der Waals surface area contributed by atoms with Crippen LogP contribution in [0, 0.1) is 29.6 Å². The Bertz CT molecular complexity index is 4050. The zero-order valence-electron chi connectivity index (χ0n) is 61.8. The van der Waals surface area contributed by atoms with Crippen molar-refractivity contribution in [1.29, 1.82) is 0 Å². The van der Waals surface area contributed by atoms with Crippen LogP contribution in [-0.4, -0.2) is 171 Å². The molecule has 0 saturated carbocycles. The molecular formula is C79H101N11O16S3. The third-order valence-electron chi connectivity index (χ3n) is 18.6. The molecule has 1 unspecified atom stereocenters. The number of Topliss-reactive ketones (excluding diaryl/α,β-unsaturated/α-hetero) is 5. The van der Waals surface area contributed by atoms with E-state index in [4.69, 9.17) is 22.9 Å². The molecule has 0 spiro atoms. The number of guanidine groups is 1. The number of thioether (sulfide) groups is 3. The van der Waals surface area contributed by atoms with Gasteiger partial charge in [-0.1, -0.05) is 135 Å². The van der Waals surface area contributed by atoms with E-state index in [0.29, 0.717) is 11.3 Å². The normalized spacial score (nSPS) is 18.3. The molecule has 5 aromatic carbocycles. The van der Waals surface area contributed by atoms with Gasteiger partial charge in [0.1, 0.15) is 12.1 Å². The molecule has 8 amide bonds. The van der Waals surface area contributed by atoms with E-state index >= 15 is 14.4 Å². The first-order valence-electron chi connectivity index (χ1n) is 36.2. The standard InChI is InChI=1S/C79H101N11O16S3/c1-46(2)73(69(97)36-56(29-31-107-4)75(103)89-62(40-70(80)98)65(93)26-27-71(99)86-63(74(81)102)35-49-21-24-53-16-8-9-17-55(53)34-49)90-78(106)59-38-67(95)60(18-11-30-84-79(82)83)87-76(104)57(33-48-19-22-54(23-20-48)52-14-6-5-7-15-52)37-66(94)61(25-28-72(100)101)88-77(105)58(39-68(96)64(41-91)85-47(3)92)44-108-42-50-12-10-13-51(32-50)43-109-45-59/h5-10,12-17,19-24,32,34,46,56-64,73,91H,11,18,25-31,33,35-45H2,1-4H3,(H2,80,98)(H2,81,102)(H,85,92)(H,86,99)(H,87,104)(H,88,105)(H,89,103)(H,90,106)(H,100,101)(H4,82,83,84)/t56?,57-,58+,59+,60+,61+,62+,63+,64+,73+/m1/s1. The number of nitrogens with two attached hydrogens (primary N) is 4. The Hall–Kier alpha value is -9.78. The molecule has 0 fully saturated rings. The van der Waals surface area contributed by atoms with Crippen molar-refractivity contribution in [3.05, 3.63) is 144 Å². The number of hydrogen-bond donors (Lipinski definition) is 12. The van der Waals surface area contributed by atoms with Crippen molar-refractivity contribution in [2.75, 3.05) is 36.7 Å². The van der Waals surface area contributed by atoms with Gasteiger partial charge in [-0.15, -0.1) is 0 Å². The second-order valence-electron chi connectivity index (χ2n) is 27.6.